The molecular weight excluding hydrogens is 362 g/mol. The second-order valence-corrected chi connectivity index (χ2v) is 6.74. The lowest BCUT2D eigenvalue weighted by atomic mass is 9.92. The monoisotopic (exact) mass is 383 g/mol. The number of fused-ring (bicyclic) bond motifs is 1. The molecule has 0 saturated carbocycles. The second kappa shape index (κ2) is 8.07. The molecule has 144 valence electrons. The minimum atomic E-state index is -0.528. The van der Waals surface area contributed by atoms with Crippen LogP contribution in [0.2, 0.25) is 0 Å². The zero-order valence-corrected chi connectivity index (χ0v) is 16.0. The van der Waals surface area contributed by atoms with E-state index in [-0.39, 0.29) is 11.7 Å². The Morgan fingerprint density at radius 3 is 2.34 bits per heavy atom. The molecule has 2 N–H and O–H groups in total. The van der Waals surface area contributed by atoms with Gasteiger partial charge < -0.3 is 15.2 Å². The molecule has 4 aromatic rings. The van der Waals surface area contributed by atoms with E-state index in [1.54, 1.807) is 24.3 Å². The lowest BCUT2D eigenvalue weighted by Gasteiger charge is -2.23. The SMILES string of the molecule is COc1ccccc1C(=O)NC(c1ccccc1)c1c(O)ccc2ccccc12. The molecule has 0 aliphatic carbocycles. The maximum absolute atomic E-state index is 13.2. The van der Waals surface area contributed by atoms with Gasteiger partial charge >= 0.3 is 0 Å². The summed E-state index contributed by atoms with van der Waals surface area (Å²) in [7, 11) is 1.54. The van der Waals surface area contributed by atoms with E-state index in [0.717, 1.165) is 16.3 Å². The molecule has 0 aromatic heterocycles. The summed E-state index contributed by atoms with van der Waals surface area (Å²) in [5.41, 5.74) is 1.98. The Bertz CT molecular complexity index is 1160. The number of para-hydroxylation sites is 1. The van der Waals surface area contributed by atoms with E-state index in [0.29, 0.717) is 16.9 Å². The number of amides is 1. The normalized spacial score (nSPS) is 11.8. The van der Waals surface area contributed by atoms with Crippen molar-refractivity contribution < 1.29 is 14.6 Å². The summed E-state index contributed by atoms with van der Waals surface area (Å²) in [5.74, 6) is 0.362. The number of carbonyl (C=O) groups is 1. The molecule has 0 bridgehead atoms. The van der Waals surface area contributed by atoms with Gasteiger partial charge in [-0.15, -0.1) is 0 Å². The van der Waals surface area contributed by atoms with Crippen LogP contribution in [0.4, 0.5) is 0 Å². The molecule has 0 heterocycles. The smallest absolute Gasteiger partial charge is 0.255 e. The lowest BCUT2D eigenvalue weighted by molar-refractivity contribution is 0.0940. The number of rotatable bonds is 5. The largest absolute Gasteiger partial charge is 0.508 e. The highest BCUT2D eigenvalue weighted by molar-refractivity contribution is 5.98. The number of nitrogens with one attached hydrogen (secondary N) is 1. The fourth-order valence-electron chi connectivity index (χ4n) is 3.60. The summed E-state index contributed by atoms with van der Waals surface area (Å²) in [4.78, 5) is 13.2. The van der Waals surface area contributed by atoms with Gasteiger partial charge in [-0.3, -0.25) is 4.79 Å². The average molecular weight is 383 g/mol. The van der Waals surface area contributed by atoms with Gasteiger partial charge in [-0.2, -0.15) is 0 Å². The van der Waals surface area contributed by atoms with Crippen molar-refractivity contribution in [3.05, 3.63) is 108 Å². The van der Waals surface area contributed by atoms with Crippen LogP contribution in [0.5, 0.6) is 11.5 Å². The number of phenolic OH excluding ortho intramolecular Hbond substituents is 1. The van der Waals surface area contributed by atoms with E-state index in [9.17, 15) is 9.90 Å². The van der Waals surface area contributed by atoms with Gasteiger partial charge in [-0.05, 0) is 34.5 Å². The molecule has 29 heavy (non-hydrogen) atoms. The van der Waals surface area contributed by atoms with Gasteiger partial charge in [0.2, 0.25) is 0 Å². The quantitative estimate of drug-likeness (QED) is 0.506. The minimum Gasteiger partial charge on any atom is -0.508 e. The fourth-order valence-corrected chi connectivity index (χ4v) is 3.60. The molecule has 4 aromatic carbocycles. The van der Waals surface area contributed by atoms with Crippen molar-refractivity contribution in [2.45, 2.75) is 6.04 Å². The Hall–Kier alpha value is -3.79. The predicted molar refractivity (Wildman–Crippen MR) is 114 cm³/mol. The first-order chi connectivity index (χ1) is 14.2. The molecule has 4 nitrogen and oxygen atoms in total. The molecule has 4 rings (SSSR count). The van der Waals surface area contributed by atoms with Crippen molar-refractivity contribution in [1.82, 2.24) is 5.32 Å². The van der Waals surface area contributed by atoms with Crippen LogP contribution in [-0.2, 0) is 0 Å². The fraction of sp³-hybridized carbons (Fsp3) is 0.0800. The van der Waals surface area contributed by atoms with Crippen LogP contribution in [0.1, 0.15) is 27.5 Å². The molecule has 4 heteroatoms. The number of phenols is 1. The van der Waals surface area contributed by atoms with Crippen molar-refractivity contribution in [2.24, 2.45) is 0 Å². The topological polar surface area (TPSA) is 58.6 Å². The Morgan fingerprint density at radius 1 is 0.862 bits per heavy atom. The van der Waals surface area contributed by atoms with Crippen LogP contribution in [0, 0.1) is 0 Å². The van der Waals surface area contributed by atoms with Crippen molar-refractivity contribution >= 4 is 16.7 Å². The molecule has 0 spiro atoms. The van der Waals surface area contributed by atoms with Gasteiger partial charge in [0.15, 0.2) is 0 Å². The number of ether oxygens (including phenoxy) is 1. The predicted octanol–water partition coefficient (Wildman–Crippen LogP) is 5.07. The first-order valence-corrected chi connectivity index (χ1v) is 9.38. The van der Waals surface area contributed by atoms with E-state index in [4.69, 9.17) is 4.74 Å². The van der Waals surface area contributed by atoms with Gasteiger partial charge in [0.05, 0.1) is 18.7 Å². The maximum Gasteiger partial charge on any atom is 0.255 e. The van der Waals surface area contributed by atoms with Crippen molar-refractivity contribution in [1.29, 1.82) is 0 Å². The van der Waals surface area contributed by atoms with Crippen molar-refractivity contribution in [3.8, 4) is 11.5 Å². The first kappa shape index (κ1) is 18.6. The second-order valence-electron chi connectivity index (χ2n) is 6.74. The average Bonchev–Trinajstić information content (AvgIpc) is 2.78. The van der Waals surface area contributed by atoms with E-state index in [2.05, 4.69) is 5.32 Å². The van der Waals surface area contributed by atoms with E-state index in [1.165, 1.54) is 7.11 Å². The van der Waals surface area contributed by atoms with Crippen molar-refractivity contribution in [3.63, 3.8) is 0 Å². The molecule has 1 unspecified atom stereocenters. The lowest BCUT2D eigenvalue weighted by Crippen LogP contribution is -2.29. The molecule has 0 aliphatic heterocycles. The highest BCUT2D eigenvalue weighted by Gasteiger charge is 2.24. The van der Waals surface area contributed by atoms with Gasteiger partial charge in [0.1, 0.15) is 11.5 Å². The molecule has 0 radical (unpaired) electrons. The Kier molecular flexibility index (Phi) is 5.16. The van der Waals surface area contributed by atoms with Crippen LogP contribution < -0.4 is 10.1 Å². The third-order valence-electron chi connectivity index (χ3n) is 5.00. The van der Waals surface area contributed by atoms with Crippen LogP contribution in [0.3, 0.4) is 0 Å². The highest BCUT2D eigenvalue weighted by Crippen LogP contribution is 2.36. The Morgan fingerprint density at radius 2 is 1.55 bits per heavy atom. The molecule has 0 fully saturated rings. The zero-order chi connectivity index (χ0) is 20.2. The molecule has 0 saturated heterocycles. The van der Waals surface area contributed by atoms with E-state index in [1.807, 2.05) is 66.7 Å². The first-order valence-electron chi connectivity index (χ1n) is 9.38. The van der Waals surface area contributed by atoms with Crippen molar-refractivity contribution in [2.75, 3.05) is 7.11 Å². The Balaban J connectivity index is 1.85. The number of carbonyl (C=O) groups excluding carboxylic acids is 1. The van der Waals surface area contributed by atoms with Crippen LogP contribution in [-0.4, -0.2) is 18.1 Å². The number of methoxy groups -OCH3 is 1. The van der Waals surface area contributed by atoms with E-state index >= 15 is 0 Å². The molecule has 1 amide bonds. The number of aromatic hydroxyl groups is 1. The molecule has 1 atom stereocenters. The number of hydrogen-bond donors (Lipinski definition) is 2. The van der Waals surface area contributed by atoms with Crippen LogP contribution in [0.25, 0.3) is 10.8 Å². The molecular formula is C25H21NO3. The third-order valence-corrected chi connectivity index (χ3v) is 5.00. The third kappa shape index (κ3) is 3.65. The maximum atomic E-state index is 13.2. The minimum absolute atomic E-state index is 0.137. The number of benzene rings is 4. The summed E-state index contributed by atoms with van der Waals surface area (Å²) in [6.07, 6.45) is 0. The summed E-state index contributed by atoms with van der Waals surface area (Å²) in [6, 6.07) is 27.6. The zero-order valence-electron chi connectivity index (χ0n) is 16.0. The van der Waals surface area contributed by atoms with Gasteiger partial charge in [0, 0.05) is 5.56 Å². The van der Waals surface area contributed by atoms with Gasteiger partial charge in [-0.1, -0.05) is 72.8 Å². The van der Waals surface area contributed by atoms with E-state index < -0.39 is 6.04 Å². The van der Waals surface area contributed by atoms with Gasteiger partial charge in [-0.25, -0.2) is 0 Å². The summed E-state index contributed by atoms with van der Waals surface area (Å²) in [5, 5.41) is 15.7. The summed E-state index contributed by atoms with van der Waals surface area (Å²) < 4.78 is 5.34. The van der Waals surface area contributed by atoms with Gasteiger partial charge in [0.25, 0.3) is 5.91 Å². The summed E-state index contributed by atoms with van der Waals surface area (Å²) >= 11 is 0. The summed E-state index contributed by atoms with van der Waals surface area (Å²) in [6.45, 7) is 0. The van der Waals surface area contributed by atoms with Crippen LogP contribution in [0.15, 0.2) is 91.0 Å². The Labute approximate surface area is 169 Å². The van der Waals surface area contributed by atoms with Crippen LogP contribution >= 0.6 is 0 Å². The number of hydrogen-bond acceptors (Lipinski definition) is 3. The highest BCUT2D eigenvalue weighted by atomic mass is 16.5. The molecule has 0 aliphatic rings. The standard InChI is InChI=1S/C25H21NO3/c1-29-22-14-8-7-13-20(22)25(28)26-24(18-10-3-2-4-11-18)23-19-12-6-5-9-17(19)15-16-21(23)27/h2-16,24,27H,1H3,(H,26,28).